The lowest BCUT2D eigenvalue weighted by atomic mass is 10.1. The number of anilines is 1. The molecule has 0 aliphatic carbocycles. The van der Waals surface area contributed by atoms with Gasteiger partial charge < -0.3 is 20.1 Å². The van der Waals surface area contributed by atoms with E-state index in [-0.39, 0.29) is 0 Å². The van der Waals surface area contributed by atoms with E-state index in [0.29, 0.717) is 16.6 Å². The van der Waals surface area contributed by atoms with Gasteiger partial charge in [0, 0.05) is 18.3 Å². The average molecular weight is 344 g/mol. The Morgan fingerprint density at radius 3 is 2.42 bits per heavy atom. The van der Waals surface area contributed by atoms with Gasteiger partial charge in [0.05, 0.1) is 14.2 Å². The molecule has 0 aliphatic rings. The molecule has 0 heterocycles. The Morgan fingerprint density at radius 1 is 0.958 bits per heavy atom. The van der Waals surface area contributed by atoms with Crippen LogP contribution < -0.4 is 20.1 Å². The first-order chi connectivity index (χ1) is 11.7. The molecule has 0 aromatic heterocycles. The van der Waals surface area contributed by atoms with Crippen LogP contribution >= 0.6 is 12.2 Å². The molecule has 2 aromatic carbocycles. The maximum Gasteiger partial charge on any atom is 0.170 e. The van der Waals surface area contributed by atoms with Crippen molar-refractivity contribution in [3.05, 3.63) is 54.1 Å². The predicted molar refractivity (Wildman–Crippen MR) is 103 cm³/mol. The van der Waals surface area contributed by atoms with Crippen molar-refractivity contribution in [2.45, 2.75) is 19.3 Å². The zero-order valence-corrected chi connectivity index (χ0v) is 15.0. The Bertz CT molecular complexity index is 647. The minimum absolute atomic E-state index is 0.613. The van der Waals surface area contributed by atoms with Gasteiger partial charge in [0.1, 0.15) is 0 Å². The van der Waals surface area contributed by atoms with Gasteiger partial charge in [-0.15, -0.1) is 0 Å². The molecule has 0 unspecified atom stereocenters. The molecule has 2 rings (SSSR count). The van der Waals surface area contributed by atoms with Crippen LogP contribution in [-0.2, 0) is 6.42 Å². The molecular weight excluding hydrogens is 320 g/mol. The van der Waals surface area contributed by atoms with Crippen LogP contribution in [0.25, 0.3) is 0 Å². The largest absolute Gasteiger partial charge is 0.493 e. The zero-order chi connectivity index (χ0) is 17.2. The summed E-state index contributed by atoms with van der Waals surface area (Å²) in [6.45, 7) is 0.853. The second-order valence-corrected chi connectivity index (χ2v) is 5.80. The van der Waals surface area contributed by atoms with Crippen LogP contribution in [0.1, 0.15) is 18.4 Å². The number of unbranched alkanes of at least 4 members (excludes halogenated alkanes) is 1. The van der Waals surface area contributed by atoms with Crippen LogP contribution in [-0.4, -0.2) is 25.9 Å². The van der Waals surface area contributed by atoms with Crippen molar-refractivity contribution in [1.29, 1.82) is 0 Å². The van der Waals surface area contributed by atoms with Gasteiger partial charge in [-0.25, -0.2) is 0 Å². The van der Waals surface area contributed by atoms with E-state index < -0.39 is 0 Å². The van der Waals surface area contributed by atoms with E-state index in [1.54, 1.807) is 14.2 Å². The van der Waals surface area contributed by atoms with Gasteiger partial charge in [-0.3, -0.25) is 0 Å². The maximum absolute atomic E-state index is 5.33. The molecule has 0 amide bonds. The van der Waals surface area contributed by atoms with Crippen molar-refractivity contribution in [3.63, 3.8) is 0 Å². The normalized spacial score (nSPS) is 10.1. The number of methoxy groups -OCH3 is 2. The third-order valence-electron chi connectivity index (χ3n) is 3.66. The predicted octanol–water partition coefficient (Wildman–Crippen LogP) is 4.01. The highest BCUT2D eigenvalue weighted by atomic mass is 32.1. The summed E-state index contributed by atoms with van der Waals surface area (Å²) in [6.07, 6.45) is 3.30. The Labute approximate surface area is 149 Å². The molecule has 0 radical (unpaired) electrons. The molecule has 0 bridgehead atoms. The molecular formula is C19H24N2O2S. The number of hydrogen-bond donors (Lipinski definition) is 2. The van der Waals surface area contributed by atoms with Crippen molar-refractivity contribution in [1.82, 2.24) is 5.32 Å². The van der Waals surface area contributed by atoms with Crippen LogP contribution in [0.4, 0.5) is 5.69 Å². The number of aryl methyl sites for hydroxylation is 1. The van der Waals surface area contributed by atoms with E-state index >= 15 is 0 Å². The van der Waals surface area contributed by atoms with Gasteiger partial charge in [0.2, 0.25) is 0 Å². The Hall–Kier alpha value is -2.27. The lowest BCUT2D eigenvalue weighted by Crippen LogP contribution is -2.29. The SMILES string of the molecule is COc1ccc(NC(=S)NCCCCc2ccccc2)cc1OC. The van der Waals surface area contributed by atoms with Gasteiger partial charge >= 0.3 is 0 Å². The summed E-state index contributed by atoms with van der Waals surface area (Å²) in [5, 5.41) is 7.01. The van der Waals surface area contributed by atoms with E-state index in [0.717, 1.165) is 31.5 Å². The van der Waals surface area contributed by atoms with Crippen molar-refractivity contribution in [3.8, 4) is 11.5 Å². The highest BCUT2D eigenvalue weighted by molar-refractivity contribution is 7.80. The van der Waals surface area contributed by atoms with E-state index in [2.05, 4.69) is 34.9 Å². The minimum Gasteiger partial charge on any atom is -0.493 e. The summed E-state index contributed by atoms with van der Waals surface area (Å²) in [7, 11) is 3.23. The zero-order valence-electron chi connectivity index (χ0n) is 14.2. The summed E-state index contributed by atoms with van der Waals surface area (Å²) in [5.74, 6) is 1.37. The van der Waals surface area contributed by atoms with Gasteiger partial charge in [0.25, 0.3) is 0 Å². The number of thiocarbonyl (C=S) groups is 1. The Kier molecular flexibility index (Phi) is 7.36. The summed E-state index contributed by atoms with van der Waals surface area (Å²) in [6, 6.07) is 16.2. The summed E-state index contributed by atoms with van der Waals surface area (Å²) >= 11 is 5.33. The smallest absolute Gasteiger partial charge is 0.170 e. The molecule has 0 fully saturated rings. The van der Waals surface area contributed by atoms with Gasteiger partial charge in [-0.05, 0) is 49.2 Å². The number of nitrogens with one attached hydrogen (secondary N) is 2. The summed E-state index contributed by atoms with van der Waals surface area (Å²) < 4.78 is 10.5. The minimum atomic E-state index is 0.613. The third-order valence-corrected chi connectivity index (χ3v) is 3.91. The standard InChI is InChI=1S/C19H24N2O2S/c1-22-17-12-11-16(14-18(17)23-2)21-19(24)20-13-7-6-10-15-8-4-3-5-9-15/h3-5,8-9,11-12,14H,6-7,10,13H2,1-2H3,(H2,20,21,24). The molecule has 0 saturated heterocycles. The van der Waals surface area contributed by atoms with Crippen molar-refractivity contribution >= 4 is 23.0 Å². The van der Waals surface area contributed by atoms with Gasteiger partial charge in [-0.2, -0.15) is 0 Å². The number of rotatable bonds is 8. The monoisotopic (exact) mass is 344 g/mol. The maximum atomic E-state index is 5.33. The fourth-order valence-electron chi connectivity index (χ4n) is 2.39. The number of ether oxygens (including phenoxy) is 2. The van der Waals surface area contributed by atoms with E-state index in [9.17, 15) is 0 Å². The highest BCUT2D eigenvalue weighted by Crippen LogP contribution is 2.29. The first kappa shape index (κ1) is 18.1. The topological polar surface area (TPSA) is 42.5 Å². The lowest BCUT2D eigenvalue weighted by Gasteiger charge is -2.13. The van der Waals surface area contributed by atoms with Crippen molar-refractivity contribution in [2.24, 2.45) is 0 Å². The molecule has 4 nitrogen and oxygen atoms in total. The Balaban J connectivity index is 1.69. The van der Waals surface area contributed by atoms with Crippen LogP contribution in [0.5, 0.6) is 11.5 Å². The lowest BCUT2D eigenvalue weighted by molar-refractivity contribution is 0.355. The fraction of sp³-hybridized carbons (Fsp3) is 0.316. The van der Waals surface area contributed by atoms with Crippen molar-refractivity contribution < 1.29 is 9.47 Å². The quantitative estimate of drug-likeness (QED) is 0.559. The first-order valence-electron chi connectivity index (χ1n) is 8.03. The van der Waals surface area contributed by atoms with Crippen LogP contribution in [0.3, 0.4) is 0 Å². The molecule has 0 aliphatic heterocycles. The van der Waals surface area contributed by atoms with Gasteiger partial charge in [0.15, 0.2) is 16.6 Å². The Morgan fingerprint density at radius 2 is 1.71 bits per heavy atom. The third kappa shape index (κ3) is 5.74. The second-order valence-electron chi connectivity index (χ2n) is 5.39. The summed E-state index contributed by atoms with van der Waals surface area (Å²) in [4.78, 5) is 0. The molecule has 24 heavy (non-hydrogen) atoms. The van der Waals surface area contributed by atoms with E-state index in [1.807, 2.05) is 24.3 Å². The van der Waals surface area contributed by atoms with Crippen LogP contribution in [0.2, 0.25) is 0 Å². The molecule has 0 atom stereocenters. The number of hydrogen-bond acceptors (Lipinski definition) is 3. The number of benzene rings is 2. The van der Waals surface area contributed by atoms with E-state index in [4.69, 9.17) is 21.7 Å². The molecule has 0 saturated carbocycles. The molecule has 128 valence electrons. The van der Waals surface area contributed by atoms with Crippen molar-refractivity contribution in [2.75, 3.05) is 26.1 Å². The molecule has 5 heteroatoms. The highest BCUT2D eigenvalue weighted by Gasteiger charge is 2.05. The van der Waals surface area contributed by atoms with Gasteiger partial charge in [-0.1, -0.05) is 30.3 Å². The summed E-state index contributed by atoms with van der Waals surface area (Å²) in [5.41, 5.74) is 2.25. The van der Waals surface area contributed by atoms with Crippen LogP contribution in [0.15, 0.2) is 48.5 Å². The van der Waals surface area contributed by atoms with Crippen LogP contribution in [0, 0.1) is 0 Å². The molecule has 2 N–H and O–H groups in total. The second kappa shape index (κ2) is 9.78. The molecule has 0 spiro atoms. The fourth-order valence-corrected chi connectivity index (χ4v) is 2.61. The first-order valence-corrected chi connectivity index (χ1v) is 8.44. The van der Waals surface area contributed by atoms with E-state index in [1.165, 1.54) is 5.56 Å². The molecule has 2 aromatic rings. The average Bonchev–Trinajstić information content (AvgIpc) is 2.62.